The third kappa shape index (κ3) is 2.63. The molecule has 0 bridgehead atoms. The Hall–Kier alpha value is -1.22. The second-order valence-electron chi connectivity index (χ2n) is 2.34. The zero-order chi connectivity index (χ0) is 9.68. The number of thiol groups is 1. The molecular formula is C10H11NOS. The van der Waals surface area contributed by atoms with Gasteiger partial charge in [-0.2, -0.15) is 0 Å². The summed E-state index contributed by atoms with van der Waals surface area (Å²) in [6.45, 7) is 5.51. The fraction of sp³-hybridized carbons (Fsp3) is 0.100. The SMILES string of the molecule is C=C/C=C\C(=C/C)c1ncc(S)o1. The highest BCUT2D eigenvalue weighted by atomic mass is 32.1. The lowest BCUT2D eigenvalue weighted by molar-refractivity contribution is 0.460. The Morgan fingerprint density at radius 1 is 1.69 bits per heavy atom. The molecule has 0 atom stereocenters. The standard InChI is InChI=1S/C10H11NOS/c1-3-5-6-8(4-2)10-11-7-9(13)12-10/h3-7,13H,1H2,2H3/b6-5-,8-4+. The van der Waals surface area contributed by atoms with Crippen molar-refractivity contribution in [2.24, 2.45) is 0 Å². The summed E-state index contributed by atoms with van der Waals surface area (Å²) in [5, 5.41) is 0.515. The minimum absolute atomic E-state index is 0.515. The lowest BCUT2D eigenvalue weighted by atomic mass is 10.2. The van der Waals surface area contributed by atoms with E-state index in [0.29, 0.717) is 11.0 Å². The summed E-state index contributed by atoms with van der Waals surface area (Å²) in [6.07, 6.45) is 8.90. The van der Waals surface area contributed by atoms with Gasteiger partial charge in [0.2, 0.25) is 5.89 Å². The van der Waals surface area contributed by atoms with Crippen molar-refractivity contribution in [3.63, 3.8) is 0 Å². The fourth-order valence-electron chi connectivity index (χ4n) is 0.862. The van der Waals surface area contributed by atoms with Crippen molar-refractivity contribution in [1.29, 1.82) is 0 Å². The summed E-state index contributed by atoms with van der Waals surface area (Å²) in [5.74, 6) is 0.575. The van der Waals surface area contributed by atoms with Gasteiger partial charge in [-0.3, -0.25) is 0 Å². The number of hydrogen-bond donors (Lipinski definition) is 1. The van der Waals surface area contributed by atoms with E-state index in [-0.39, 0.29) is 0 Å². The highest BCUT2D eigenvalue weighted by Crippen LogP contribution is 2.17. The number of allylic oxidation sites excluding steroid dienone is 5. The van der Waals surface area contributed by atoms with Crippen LogP contribution in [0.15, 0.2) is 46.6 Å². The van der Waals surface area contributed by atoms with E-state index < -0.39 is 0 Å². The maximum Gasteiger partial charge on any atom is 0.227 e. The van der Waals surface area contributed by atoms with E-state index in [1.165, 1.54) is 0 Å². The van der Waals surface area contributed by atoms with Gasteiger partial charge in [0.15, 0.2) is 5.09 Å². The molecule has 0 aromatic carbocycles. The van der Waals surface area contributed by atoms with Crippen LogP contribution in [0.25, 0.3) is 5.57 Å². The van der Waals surface area contributed by atoms with Crippen LogP contribution in [0.4, 0.5) is 0 Å². The Labute approximate surface area is 83.1 Å². The zero-order valence-electron chi connectivity index (χ0n) is 7.40. The van der Waals surface area contributed by atoms with Crippen LogP contribution in [0.3, 0.4) is 0 Å². The summed E-state index contributed by atoms with van der Waals surface area (Å²) in [4.78, 5) is 4.04. The molecule has 0 aliphatic carbocycles. The second-order valence-corrected chi connectivity index (χ2v) is 2.78. The average molecular weight is 193 g/mol. The van der Waals surface area contributed by atoms with Crippen LogP contribution in [-0.4, -0.2) is 4.98 Å². The van der Waals surface area contributed by atoms with Gasteiger partial charge in [0, 0.05) is 5.57 Å². The maximum absolute atomic E-state index is 5.23. The maximum atomic E-state index is 5.23. The molecule has 0 radical (unpaired) electrons. The number of oxazole rings is 1. The fourth-order valence-corrected chi connectivity index (χ4v) is 1.01. The molecule has 3 heteroatoms. The largest absolute Gasteiger partial charge is 0.430 e. The van der Waals surface area contributed by atoms with E-state index >= 15 is 0 Å². The van der Waals surface area contributed by atoms with E-state index in [9.17, 15) is 0 Å². The summed E-state index contributed by atoms with van der Waals surface area (Å²) in [7, 11) is 0. The summed E-state index contributed by atoms with van der Waals surface area (Å²) in [5.41, 5.74) is 0.917. The highest BCUT2D eigenvalue weighted by Gasteiger charge is 2.02. The van der Waals surface area contributed by atoms with Gasteiger partial charge >= 0.3 is 0 Å². The molecule has 1 rings (SSSR count). The van der Waals surface area contributed by atoms with Gasteiger partial charge in [-0.15, -0.1) is 12.6 Å². The van der Waals surface area contributed by atoms with Crippen molar-refractivity contribution in [2.75, 3.05) is 0 Å². The zero-order valence-corrected chi connectivity index (χ0v) is 8.29. The van der Waals surface area contributed by atoms with Gasteiger partial charge in [0.25, 0.3) is 0 Å². The number of hydrogen-bond acceptors (Lipinski definition) is 3. The Balaban J connectivity index is 2.91. The van der Waals surface area contributed by atoms with Gasteiger partial charge in [0.05, 0.1) is 6.20 Å². The molecule has 1 aromatic rings. The molecule has 0 N–H and O–H groups in total. The first-order valence-electron chi connectivity index (χ1n) is 3.88. The van der Waals surface area contributed by atoms with Crippen molar-refractivity contribution in [3.8, 4) is 0 Å². The lowest BCUT2D eigenvalue weighted by Gasteiger charge is -1.92. The first-order valence-corrected chi connectivity index (χ1v) is 4.33. The van der Waals surface area contributed by atoms with E-state index in [2.05, 4.69) is 24.2 Å². The van der Waals surface area contributed by atoms with Gasteiger partial charge in [-0.25, -0.2) is 4.98 Å². The summed E-state index contributed by atoms with van der Waals surface area (Å²) in [6, 6.07) is 0. The topological polar surface area (TPSA) is 26.0 Å². The molecule has 0 aliphatic rings. The number of nitrogens with zero attached hydrogens (tertiary/aromatic N) is 1. The molecule has 68 valence electrons. The van der Waals surface area contributed by atoms with Gasteiger partial charge in [-0.05, 0) is 13.0 Å². The van der Waals surface area contributed by atoms with Crippen molar-refractivity contribution >= 4 is 18.2 Å². The van der Waals surface area contributed by atoms with Crippen LogP contribution in [0, 0.1) is 0 Å². The first kappa shape index (κ1) is 9.86. The monoisotopic (exact) mass is 193 g/mol. The average Bonchev–Trinajstić information content (AvgIpc) is 2.54. The molecule has 0 saturated heterocycles. The summed E-state index contributed by atoms with van der Waals surface area (Å²) < 4.78 is 5.23. The molecule has 13 heavy (non-hydrogen) atoms. The Kier molecular flexibility index (Phi) is 3.58. The Morgan fingerprint density at radius 3 is 2.92 bits per heavy atom. The smallest absolute Gasteiger partial charge is 0.227 e. The summed E-state index contributed by atoms with van der Waals surface area (Å²) >= 11 is 4.03. The minimum Gasteiger partial charge on any atom is -0.430 e. The lowest BCUT2D eigenvalue weighted by Crippen LogP contribution is -1.78. The third-order valence-electron chi connectivity index (χ3n) is 1.46. The molecule has 0 unspecified atom stereocenters. The number of rotatable bonds is 3. The van der Waals surface area contributed by atoms with Crippen LogP contribution in [0.5, 0.6) is 0 Å². The number of aromatic nitrogens is 1. The molecular weight excluding hydrogens is 182 g/mol. The molecule has 0 aliphatic heterocycles. The molecule has 2 nitrogen and oxygen atoms in total. The van der Waals surface area contributed by atoms with Crippen LogP contribution in [0.2, 0.25) is 0 Å². The van der Waals surface area contributed by atoms with Gasteiger partial charge in [-0.1, -0.05) is 24.8 Å². The Bertz CT molecular complexity index is 350. The van der Waals surface area contributed by atoms with Gasteiger partial charge < -0.3 is 4.42 Å². The van der Waals surface area contributed by atoms with Crippen LogP contribution < -0.4 is 0 Å². The highest BCUT2D eigenvalue weighted by molar-refractivity contribution is 7.80. The first-order chi connectivity index (χ1) is 6.27. The predicted molar refractivity (Wildman–Crippen MR) is 56.7 cm³/mol. The van der Waals surface area contributed by atoms with Crippen molar-refractivity contribution in [2.45, 2.75) is 12.0 Å². The predicted octanol–water partition coefficient (Wildman–Crippen LogP) is 3.11. The third-order valence-corrected chi connectivity index (χ3v) is 1.67. The Morgan fingerprint density at radius 2 is 2.46 bits per heavy atom. The van der Waals surface area contributed by atoms with Crippen molar-refractivity contribution < 1.29 is 4.42 Å². The van der Waals surface area contributed by atoms with E-state index in [1.54, 1.807) is 12.3 Å². The van der Waals surface area contributed by atoms with E-state index in [1.807, 2.05) is 25.2 Å². The van der Waals surface area contributed by atoms with Crippen LogP contribution in [0.1, 0.15) is 12.8 Å². The van der Waals surface area contributed by atoms with E-state index in [0.717, 1.165) is 5.57 Å². The quantitative estimate of drug-likeness (QED) is 0.589. The molecule has 0 saturated carbocycles. The van der Waals surface area contributed by atoms with Crippen molar-refractivity contribution in [1.82, 2.24) is 4.98 Å². The van der Waals surface area contributed by atoms with Gasteiger partial charge in [0.1, 0.15) is 0 Å². The molecule has 1 aromatic heterocycles. The van der Waals surface area contributed by atoms with E-state index in [4.69, 9.17) is 4.42 Å². The van der Waals surface area contributed by atoms with Crippen LogP contribution >= 0.6 is 12.6 Å². The molecule has 0 fully saturated rings. The normalized spacial score (nSPS) is 12.3. The second kappa shape index (κ2) is 4.72. The minimum atomic E-state index is 0.515. The van der Waals surface area contributed by atoms with Crippen LogP contribution in [-0.2, 0) is 0 Å². The van der Waals surface area contributed by atoms with Crippen molar-refractivity contribution in [3.05, 3.63) is 43.0 Å². The molecule has 0 amide bonds. The molecule has 1 heterocycles. The molecule has 0 spiro atoms.